The summed E-state index contributed by atoms with van der Waals surface area (Å²) in [5.74, 6) is 0. The van der Waals surface area contributed by atoms with Crippen LogP contribution >= 0.6 is 0 Å². The molecule has 0 radical (unpaired) electrons. The average molecular weight is 300 g/mol. The van der Waals surface area contributed by atoms with Gasteiger partial charge in [0, 0.05) is 45.3 Å². The lowest BCUT2D eigenvalue weighted by Gasteiger charge is -2.24. The van der Waals surface area contributed by atoms with Crippen LogP contribution in [0.5, 0.6) is 0 Å². The van der Waals surface area contributed by atoms with Crippen LogP contribution in [0.15, 0.2) is 24.5 Å². The molecule has 0 fully saturated rings. The standard InChI is InChI=1S/C18H28N4/c1-21(2,3)11-13-9-19-15-7-8-16-18(17(13)15)14(10-20-16)12-22(4,5)6/h7-10,19-20H,11-12H2,1-6H3/q+2. The second-order valence-electron chi connectivity index (χ2n) is 8.44. The van der Waals surface area contributed by atoms with E-state index in [2.05, 4.69) is 76.8 Å². The molecule has 2 aromatic heterocycles. The fourth-order valence-electron chi connectivity index (χ4n) is 3.26. The largest absolute Gasteiger partial charge is 0.361 e. The Bertz CT molecular complexity index is 740. The summed E-state index contributed by atoms with van der Waals surface area (Å²) < 4.78 is 1.86. The second kappa shape index (κ2) is 4.86. The van der Waals surface area contributed by atoms with Crippen molar-refractivity contribution in [2.75, 3.05) is 42.3 Å². The third kappa shape index (κ3) is 2.89. The molecule has 3 rings (SSSR count). The highest BCUT2D eigenvalue weighted by molar-refractivity contribution is 6.09. The van der Waals surface area contributed by atoms with Crippen LogP contribution < -0.4 is 0 Å². The summed E-state index contributed by atoms with van der Waals surface area (Å²) in [5.41, 5.74) is 5.27. The first kappa shape index (κ1) is 15.1. The molecule has 22 heavy (non-hydrogen) atoms. The van der Waals surface area contributed by atoms with Gasteiger partial charge in [-0.25, -0.2) is 0 Å². The molecule has 4 heteroatoms. The molecule has 0 atom stereocenters. The minimum absolute atomic E-state index is 0.929. The first-order chi connectivity index (χ1) is 10.1. The maximum absolute atomic E-state index is 3.45. The molecule has 2 heterocycles. The highest BCUT2D eigenvalue weighted by Crippen LogP contribution is 2.32. The molecule has 0 saturated carbocycles. The number of fused-ring (bicyclic) bond motifs is 3. The Labute approximate surface area is 132 Å². The molecule has 0 unspecified atom stereocenters. The minimum atomic E-state index is 0.929. The van der Waals surface area contributed by atoms with Gasteiger partial charge >= 0.3 is 0 Å². The van der Waals surface area contributed by atoms with Gasteiger partial charge in [-0.2, -0.15) is 0 Å². The van der Waals surface area contributed by atoms with Crippen molar-refractivity contribution >= 4 is 21.8 Å². The van der Waals surface area contributed by atoms with Gasteiger partial charge in [0.05, 0.1) is 42.3 Å². The predicted molar refractivity (Wildman–Crippen MR) is 93.6 cm³/mol. The van der Waals surface area contributed by atoms with Gasteiger partial charge in [0.2, 0.25) is 0 Å². The van der Waals surface area contributed by atoms with Gasteiger partial charge in [-0.1, -0.05) is 0 Å². The summed E-state index contributed by atoms with van der Waals surface area (Å²) in [6, 6.07) is 4.37. The number of aromatic amines is 2. The number of benzene rings is 1. The maximum Gasteiger partial charge on any atom is 0.106 e. The third-order valence-electron chi connectivity index (χ3n) is 3.94. The van der Waals surface area contributed by atoms with Gasteiger partial charge in [-0.15, -0.1) is 0 Å². The maximum atomic E-state index is 3.45. The van der Waals surface area contributed by atoms with E-state index in [9.17, 15) is 0 Å². The van der Waals surface area contributed by atoms with Gasteiger partial charge in [0.15, 0.2) is 0 Å². The molecular formula is C18H28N4+2. The monoisotopic (exact) mass is 300 g/mol. The number of aromatic nitrogens is 2. The number of hydrogen-bond acceptors (Lipinski definition) is 0. The number of quaternary nitrogens is 2. The van der Waals surface area contributed by atoms with Crippen LogP contribution in [0.25, 0.3) is 21.8 Å². The topological polar surface area (TPSA) is 31.6 Å². The molecule has 0 aliphatic heterocycles. The smallest absolute Gasteiger partial charge is 0.106 e. The molecule has 0 bridgehead atoms. The molecule has 2 N–H and O–H groups in total. The van der Waals surface area contributed by atoms with E-state index in [1.165, 1.54) is 32.9 Å². The summed E-state index contributed by atoms with van der Waals surface area (Å²) >= 11 is 0. The summed E-state index contributed by atoms with van der Waals surface area (Å²) in [4.78, 5) is 6.91. The number of nitrogens with one attached hydrogen (secondary N) is 2. The van der Waals surface area contributed by atoms with Crippen LogP contribution in [-0.4, -0.2) is 61.2 Å². The zero-order valence-electron chi connectivity index (χ0n) is 14.6. The molecule has 0 saturated heterocycles. The summed E-state index contributed by atoms with van der Waals surface area (Å²) in [6.07, 6.45) is 4.35. The van der Waals surface area contributed by atoms with Crippen molar-refractivity contribution < 1.29 is 8.97 Å². The normalized spacial score (nSPS) is 13.4. The molecule has 118 valence electrons. The van der Waals surface area contributed by atoms with Crippen LogP contribution in [0.3, 0.4) is 0 Å². The SMILES string of the molecule is C[N+](C)(C)Cc1c[nH]c2ccc3[nH]cc(C[N+](C)(C)C)c3c12. The number of rotatable bonds is 4. The Morgan fingerprint density at radius 2 is 1.05 bits per heavy atom. The van der Waals surface area contributed by atoms with Crippen molar-refractivity contribution in [2.24, 2.45) is 0 Å². The van der Waals surface area contributed by atoms with E-state index in [1.807, 2.05) is 0 Å². The highest BCUT2D eigenvalue weighted by atomic mass is 15.3. The van der Waals surface area contributed by atoms with E-state index in [-0.39, 0.29) is 0 Å². The number of hydrogen-bond donors (Lipinski definition) is 2. The zero-order valence-corrected chi connectivity index (χ0v) is 14.6. The predicted octanol–water partition coefficient (Wildman–Crippen LogP) is 3.06. The van der Waals surface area contributed by atoms with E-state index < -0.39 is 0 Å². The summed E-state index contributed by atoms with van der Waals surface area (Å²) in [5, 5.41) is 2.77. The molecule has 1 aromatic carbocycles. The fourth-order valence-corrected chi connectivity index (χ4v) is 3.26. The Hall–Kier alpha value is -1.78. The van der Waals surface area contributed by atoms with E-state index in [0.717, 1.165) is 22.1 Å². The van der Waals surface area contributed by atoms with Gasteiger partial charge in [-0.3, -0.25) is 0 Å². The Morgan fingerprint density at radius 3 is 1.36 bits per heavy atom. The minimum Gasteiger partial charge on any atom is -0.361 e. The lowest BCUT2D eigenvalue weighted by Crippen LogP contribution is -2.33. The van der Waals surface area contributed by atoms with Crippen LogP contribution in [0.4, 0.5) is 0 Å². The van der Waals surface area contributed by atoms with Crippen molar-refractivity contribution in [3.8, 4) is 0 Å². The fraction of sp³-hybridized carbons (Fsp3) is 0.444. The van der Waals surface area contributed by atoms with Crippen molar-refractivity contribution in [3.63, 3.8) is 0 Å². The van der Waals surface area contributed by atoms with Crippen molar-refractivity contribution in [3.05, 3.63) is 35.7 Å². The average Bonchev–Trinajstić information content (AvgIpc) is 2.90. The molecule has 0 aliphatic rings. The second-order valence-corrected chi connectivity index (χ2v) is 8.44. The Kier molecular flexibility index (Phi) is 3.34. The zero-order chi connectivity index (χ0) is 16.1. The van der Waals surface area contributed by atoms with Crippen molar-refractivity contribution in [2.45, 2.75) is 13.1 Å². The van der Waals surface area contributed by atoms with Gasteiger partial charge in [-0.05, 0) is 12.1 Å². The van der Waals surface area contributed by atoms with Gasteiger partial charge < -0.3 is 18.9 Å². The van der Waals surface area contributed by atoms with E-state index in [1.54, 1.807) is 0 Å². The van der Waals surface area contributed by atoms with E-state index >= 15 is 0 Å². The molecule has 0 amide bonds. The quantitative estimate of drug-likeness (QED) is 0.694. The number of nitrogens with zero attached hydrogens (tertiary/aromatic N) is 2. The first-order valence-electron chi connectivity index (χ1n) is 7.84. The van der Waals surface area contributed by atoms with Crippen LogP contribution in [0.2, 0.25) is 0 Å². The molecule has 4 nitrogen and oxygen atoms in total. The van der Waals surface area contributed by atoms with E-state index in [0.29, 0.717) is 0 Å². The van der Waals surface area contributed by atoms with Crippen molar-refractivity contribution in [1.82, 2.24) is 9.97 Å². The van der Waals surface area contributed by atoms with Crippen molar-refractivity contribution in [1.29, 1.82) is 0 Å². The Morgan fingerprint density at radius 1 is 0.682 bits per heavy atom. The van der Waals surface area contributed by atoms with Crippen LogP contribution in [0.1, 0.15) is 11.1 Å². The third-order valence-corrected chi connectivity index (χ3v) is 3.94. The lowest BCUT2D eigenvalue weighted by molar-refractivity contribution is -0.883. The Balaban J connectivity index is 2.24. The van der Waals surface area contributed by atoms with E-state index in [4.69, 9.17) is 0 Å². The van der Waals surface area contributed by atoms with Crippen LogP contribution in [-0.2, 0) is 13.1 Å². The first-order valence-corrected chi connectivity index (χ1v) is 7.84. The lowest BCUT2D eigenvalue weighted by atomic mass is 10.0. The van der Waals surface area contributed by atoms with Gasteiger partial charge in [0.1, 0.15) is 13.1 Å². The molecule has 3 aromatic rings. The summed E-state index contributed by atoms with van der Waals surface area (Å²) in [7, 11) is 13.4. The molecule has 0 aliphatic carbocycles. The summed E-state index contributed by atoms with van der Waals surface area (Å²) in [6.45, 7) is 2.04. The highest BCUT2D eigenvalue weighted by Gasteiger charge is 2.19. The van der Waals surface area contributed by atoms with Gasteiger partial charge in [0.25, 0.3) is 0 Å². The molecule has 0 spiro atoms. The number of H-pyrrole nitrogens is 2. The van der Waals surface area contributed by atoms with Crippen LogP contribution in [0, 0.1) is 0 Å². The molecular weight excluding hydrogens is 272 g/mol.